The average Bonchev–Trinajstić information content (AvgIpc) is 2.70. The van der Waals surface area contributed by atoms with E-state index in [2.05, 4.69) is 10.4 Å². The highest BCUT2D eigenvalue weighted by molar-refractivity contribution is 5.77. The number of hydrogen-bond donors (Lipinski definition) is 1. The molecule has 0 atom stereocenters. The van der Waals surface area contributed by atoms with Gasteiger partial charge in [-0.25, -0.2) is 4.68 Å². The maximum atomic E-state index is 12.0. The van der Waals surface area contributed by atoms with Gasteiger partial charge in [0.15, 0.2) is 6.61 Å². The summed E-state index contributed by atoms with van der Waals surface area (Å²) in [5.74, 6) is 0.396. The van der Waals surface area contributed by atoms with Gasteiger partial charge < -0.3 is 10.1 Å². The van der Waals surface area contributed by atoms with E-state index < -0.39 is 0 Å². The molecule has 0 fully saturated rings. The van der Waals surface area contributed by atoms with Crippen LogP contribution in [0.4, 0.5) is 0 Å². The van der Waals surface area contributed by atoms with Crippen LogP contribution >= 0.6 is 0 Å². The van der Waals surface area contributed by atoms with Crippen molar-refractivity contribution in [2.45, 2.75) is 20.4 Å². The summed E-state index contributed by atoms with van der Waals surface area (Å²) in [5, 5.41) is 7.14. The van der Waals surface area contributed by atoms with E-state index in [0.29, 0.717) is 18.0 Å². The molecule has 0 bridgehead atoms. The second-order valence-electron chi connectivity index (χ2n) is 6.60. The van der Waals surface area contributed by atoms with Crippen LogP contribution in [-0.4, -0.2) is 28.8 Å². The van der Waals surface area contributed by atoms with Crippen LogP contribution in [0.2, 0.25) is 0 Å². The Morgan fingerprint density at radius 1 is 0.964 bits per heavy atom. The molecule has 2 aromatic carbocycles. The fourth-order valence-electron chi connectivity index (χ4n) is 2.62. The highest BCUT2D eigenvalue weighted by Crippen LogP contribution is 2.15. The van der Waals surface area contributed by atoms with E-state index in [1.807, 2.05) is 62.4 Å². The van der Waals surface area contributed by atoms with E-state index in [-0.39, 0.29) is 24.6 Å². The molecule has 3 rings (SSSR count). The van der Waals surface area contributed by atoms with Crippen molar-refractivity contribution in [1.29, 1.82) is 0 Å². The van der Waals surface area contributed by atoms with Gasteiger partial charge in [-0.2, -0.15) is 5.10 Å². The molecule has 1 aromatic heterocycles. The Morgan fingerprint density at radius 3 is 2.29 bits per heavy atom. The average molecular weight is 377 g/mol. The maximum absolute atomic E-state index is 12.0. The molecule has 0 spiro atoms. The van der Waals surface area contributed by atoms with E-state index in [9.17, 15) is 9.59 Å². The molecule has 28 heavy (non-hydrogen) atoms. The molecular weight excluding hydrogens is 354 g/mol. The summed E-state index contributed by atoms with van der Waals surface area (Å²) >= 11 is 0. The smallest absolute Gasteiger partial charge is 0.266 e. The number of amides is 1. The predicted molar refractivity (Wildman–Crippen MR) is 108 cm³/mol. The summed E-state index contributed by atoms with van der Waals surface area (Å²) in [7, 11) is 0. The first-order chi connectivity index (χ1) is 13.5. The quantitative estimate of drug-likeness (QED) is 0.687. The van der Waals surface area contributed by atoms with Crippen LogP contribution in [-0.2, 0) is 11.3 Å². The fourth-order valence-corrected chi connectivity index (χ4v) is 2.62. The predicted octanol–water partition coefficient (Wildman–Crippen LogP) is 2.72. The fraction of sp³-hybridized carbons (Fsp3) is 0.227. The van der Waals surface area contributed by atoms with Crippen LogP contribution < -0.4 is 15.6 Å². The number of ether oxygens (including phenoxy) is 1. The Labute approximate surface area is 163 Å². The van der Waals surface area contributed by atoms with Crippen molar-refractivity contribution < 1.29 is 9.53 Å². The number of nitrogens with zero attached hydrogens (tertiary/aromatic N) is 2. The molecule has 1 heterocycles. The molecule has 0 aliphatic heterocycles. The monoisotopic (exact) mass is 377 g/mol. The Hall–Kier alpha value is -3.41. The van der Waals surface area contributed by atoms with Gasteiger partial charge in [0.25, 0.3) is 11.5 Å². The van der Waals surface area contributed by atoms with E-state index in [4.69, 9.17) is 4.74 Å². The minimum absolute atomic E-state index is 0.0746. The van der Waals surface area contributed by atoms with Gasteiger partial charge in [-0.05, 0) is 32.0 Å². The van der Waals surface area contributed by atoms with E-state index in [1.165, 1.54) is 10.7 Å². The lowest BCUT2D eigenvalue weighted by atomic mass is 10.1. The van der Waals surface area contributed by atoms with E-state index in [0.717, 1.165) is 16.7 Å². The van der Waals surface area contributed by atoms with Gasteiger partial charge in [-0.15, -0.1) is 0 Å². The van der Waals surface area contributed by atoms with Gasteiger partial charge in [0, 0.05) is 18.2 Å². The first-order valence-corrected chi connectivity index (χ1v) is 9.13. The van der Waals surface area contributed by atoms with Crippen LogP contribution in [0, 0.1) is 13.8 Å². The molecule has 1 N–H and O–H groups in total. The van der Waals surface area contributed by atoms with E-state index >= 15 is 0 Å². The molecule has 0 aliphatic rings. The number of aryl methyl sites for hydroxylation is 2. The zero-order chi connectivity index (χ0) is 19.9. The minimum atomic E-state index is -0.247. The summed E-state index contributed by atoms with van der Waals surface area (Å²) in [6, 6.07) is 18.6. The second-order valence-corrected chi connectivity index (χ2v) is 6.60. The van der Waals surface area contributed by atoms with Crippen LogP contribution in [0.1, 0.15) is 11.1 Å². The highest BCUT2D eigenvalue weighted by Gasteiger charge is 2.06. The third-order valence-electron chi connectivity index (χ3n) is 4.25. The number of hydrogen-bond acceptors (Lipinski definition) is 4. The molecule has 6 heteroatoms. The maximum Gasteiger partial charge on any atom is 0.266 e. The van der Waals surface area contributed by atoms with Gasteiger partial charge in [-0.3, -0.25) is 9.59 Å². The topological polar surface area (TPSA) is 73.2 Å². The van der Waals surface area contributed by atoms with Gasteiger partial charge in [0.05, 0.1) is 12.2 Å². The first kappa shape index (κ1) is 19.4. The number of nitrogens with one attached hydrogen (secondary N) is 1. The number of carbonyl (C=O) groups is 1. The van der Waals surface area contributed by atoms with Gasteiger partial charge in [-0.1, -0.05) is 47.5 Å². The largest absolute Gasteiger partial charge is 0.484 e. The molecule has 144 valence electrons. The van der Waals surface area contributed by atoms with Gasteiger partial charge >= 0.3 is 0 Å². The van der Waals surface area contributed by atoms with E-state index in [1.54, 1.807) is 6.07 Å². The summed E-state index contributed by atoms with van der Waals surface area (Å²) in [6.45, 7) is 4.51. The lowest BCUT2D eigenvalue weighted by molar-refractivity contribution is -0.123. The summed E-state index contributed by atoms with van der Waals surface area (Å²) < 4.78 is 6.80. The molecule has 0 saturated heterocycles. The van der Waals surface area contributed by atoms with Crippen molar-refractivity contribution in [3.05, 3.63) is 82.1 Å². The van der Waals surface area contributed by atoms with Gasteiger partial charge in [0.2, 0.25) is 0 Å². The van der Waals surface area contributed by atoms with Crippen molar-refractivity contribution in [1.82, 2.24) is 15.1 Å². The zero-order valence-electron chi connectivity index (χ0n) is 16.0. The van der Waals surface area contributed by atoms with Crippen LogP contribution in [0.25, 0.3) is 11.3 Å². The Morgan fingerprint density at radius 2 is 1.61 bits per heavy atom. The molecule has 0 saturated carbocycles. The van der Waals surface area contributed by atoms with Crippen LogP contribution in [0.5, 0.6) is 5.75 Å². The Kier molecular flexibility index (Phi) is 6.22. The lowest BCUT2D eigenvalue weighted by Crippen LogP contribution is -2.34. The molecular formula is C22H23N3O3. The number of carbonyl (C=O) groups excluding carboxylic acids is 1. The number of rotatable bonds is 7. The van der Waals surface area contributed by atoms with Gasteiger partial charge in [0.1, 0.15) is 5.75 Å². The van der Waals surface area contributed by atoms with Crippen molar-refractivity contribution >= 4 is 5.91 Å². The first-order valence-electron chi connectivity index (χ1n) is 9.13. The third-order valence-corrected chi connectivity index (χ3v) is 4.25. The summed E-state index contributed by atoms with van der Waals surface area (Å²) in [5.41, 5.74) is 3.74. The molecule has 1 amide bonds. The third kappa shape index (κ3) is 5.30. The standard InChI is InChI=1S/C22H23N3O3/c1-16-3-7-18(8-4-16)20-11-12-22(27)25(24-20)14-13-23-21(26)15-28-19-9-5-17(2)6-10-19/h3-12H,13-15H2,1-2H3,(H,23,26). The molecule has 0 aliphatic carbocycles. The Balaban J connectivity index is 1.53. The van der Waals surface area contributed by atoms with Crippen molar-refractivity contribution in [2.75, 3.05) is 13.2 Å². The minimum Gasteiger partial charge on any atom is -0.484 e. The summed E-state index contributed by atoms with van der Waals surface area (Å²) in [6.07, 6.45) is 0. The molecule has 3 aromatic rings. The molecule has 6 nitrogen and oxygen atoms in total. The van der Waals surface area contributed by atoms with Crippen LogP contribution in [0.3, 0.4) is 0 Å². The van der Waals surface area contributed by atoms with Crippen LogP contribution in [0.15, 0.2) is 65.5 Å². The SMILES string of the molecule is Cc1ccc(OCC(=O)NCCn2nc(-c3ccc(C)cc3)ccc2=O)cc1. The molecule has 0 unspecified atom stereocenters. The molecule has 0 radical (unpaired) electrons. The lowest BCUT2D eigenvalue weighted by Gasteiger charge is -2.10. The van der Waals surface area contributed by atoms with Crippen molar-refractivity contribution in [2.24, 2.45) is 0 Å². The summed E-state index contributed by atoms with van der Waals surface area (Å²) in [4.78, 5) is 24.0. The second kappa shape index (κ2) is 8.99. The van der Waals surface area contributed by atoms with Crippen molar-refractivity contribution in [3.8, 4) is 17.0 Å². The normalized spacial score (nSPS) is 10.5. The highest BCUT2D eigenvalue weighted by atomic mass is 16.5. The van der Waals surface area contributed by atoms with Crippen molar-refractivity contribution in [3.63, 3.8) is 0 Å². The number of aromatic nitrogens is 2. The number of benzene rings is 2. The Bertz CT molecular complexity index is 993. The zero-order valence-corrected chi connectivity index (χ0v) is 16.0.